The van der Waals surface area contributed by atoms with Crippen molar-refractivity contribution in [2.75, 3.05) is 45.8 Å². The topological polar surface area (TPSA) is 64.7 Å². The van der Waals surface area contributed by atoms with Crippen molar-refractivity contribution in [2.24, 2.45) is 0 Å². The molecule has 2 saturated heterocycles. The summed E-state index contributed by atoms with van der Waals surface area (Å²) in [5, 5.41) is 8.16. The first-order valence-corrected chi connectivity index (χ1v) is 8.67. The first-order valence-electron chi connectivity index (χ1n) is 7.79. The molecule has 1 unspecified atom stereocenters. The molecule has 2 fully saturated rings. The summed E-state index contributed by atoms with van der Waals surface area (Å²) in [6.45, 7) is 5.40. The maximum atomic E-state index is 12.3. The number of nitrogens with one attached hydrogen (secondary N) is 2. The second kappa shape index (κ2) is 7.21. The number of rotatable bonds is 4. The third kappa shape index (κ3) is 3.48. The number of hydrogen-bond donors (Lipinski definition) is 2. The Bertz CT molecular complexity index is 514. The van der Waals surface area contributed by atoms with Gasteiger partial charge in [-0.25, -0.2) is 0 Å². The van der Waals surface area contributed by atoms with Crippen LogP contribution in [0.3, 0.4) is 0 Å². The molecule has 1 aromatic heterocycles. The van der Waals surface area contributed by atoms with E-state index < -0.39 is 0 Å². The van der Waals surface area contributed by atoms with Crippen LogP contribution in [-0.4, -0.2) is 67.4 Å². The van der Waals surface area contributed by atoms with Gasteiger partial charge in [-0.1, -0.05) is 6.07 Å². The van der Waals surface area contributed by atoms with Gasteiger partial charge in [0.1, 0.15) is 6.04 Å². The Balaban J connectivity index is 1.59. The molecule has 6 nitrogen and oxygen atoms in total. The van der Waals surface area contributed by atoms with E-state index in [1.165, 1.54) is 0 Å². The molecule has 2 amide bonds. The van der Waals surface area contributed by atoms with Gasteiger partial charge in [-0.2, -0.15) is 0 Å². The number of thiophene rings is 1. The van der Waals surface area contributed by atoms with Crippen molar-refractivity contribution in [3.63, 3.8) is 0 Å². The second-order valence-electron chi connectivity index (χ2n) is 5.63. The van der Waals surface area contributed by atoms with E-state index in [0.717, 1.165) is 37.6 Å². The minimum absolute atomic E-state index is 0.0447. The summed E-state index contributed by atoms with van der Waals surface area (Å²) in [7, 11) is 0. The summed E-state index contributed by atoms with van der Waals surface area (Å²) in [6.07, 6.45) is 0.481. The highest BCUT2D eigenvalue weighted by atomic mass is 32.1. The van der Waals surface area contributed by atoms with Gasteiger partial charge in [-0.05, 0) is 11.4 Å². The van der Waals surface area contributed by atoms with Gasteiger partial charge in [-0.3, -0.25) is 14.5 Å². The SMILES string of the molecule is O=C1NCCN(CCC(=O)N2CCNCC2)C1c1cccs1. The van der Waals surface area contributed by atoms with E-state index in [9.17, 15) is 9.59 Å². The van der Waals surface area contributed by atoms with Gasteiger partial charge >= 0.3 is 0 Å². The lowest BCUT2D eigenvalue weighted by Gasteiger charge is -2.35. The van der Waals surface area contributed by atoms with Crippen LogP contribution in [0.2, 0.25) is 0 Å². The van der Waals surface area contributed by atoms with E-state index in [-0.39, 0.29) is 17.9 Å². The van der Waals surface area contributed by atoms with Gasteiger partial charge < -0.3 is 15.5 Å². The van der Waals surface area contributed by atoms with Crippen molar-refractivity contribution in [1.82, 2.24) is 20.4 Å². The highest BCUT2D eigenvalue weighted by Crippen LogP contribution is 2.27. The van der Waals surface area contributed by atoms with Crippen LogP contribution in [0.5, 0.6) is 0 Å². The van der Waals surface area contributed by atoms with Crippen molar-refractivity contribution in [3.05, 3.63) is 22.4 Å². The molecule has 3 rings (SSSR count). The summed E-state index contributed by atoms with van der Waals surface area (Å²) in [6, 6.07) is 3.71. The molecule has 22 heavy (non-hydrogen) atoms. The van der Waals surface area contributed by atoms with Crippen LogP contribution in [0, 0.1) is 0 Å². The van der Waals surface area contributed by atoms with Gasteiger partial charge in [0.25, 0.3) is 0 Å². The van der Waals surface area contributed by atoms with E-state index in [2.05, 4.69) is 15.5 Å². The van der Waals surface area contributed by atoms with E-state index in [4.69, 9.17) is 0 Å². The quantitative estimate of drug-likeness (QED) is 0.822. The Morgan fingerprint density at radius 3 is 2.82 bits per heavy atom. The molecule has 0 aliphatic carbocycles. The fourth-order valence-electron chi connectivity index (χ4n) is 3.02. The maximum Gasteiger partial charge on any atom is 0.242 e. The Morgan fingerprint density at radius 2 is 2.09 bits per heavy atom. The third-order valence-electron chi connectivity index (χ3n) is 4.21. The number of hydrogen-bond acceptors (Lipinski definition) is 5. The highest BCUT2D eigenvalue weighted by Gasteiger charge is 2.32. The zero-order chi connectivity index (χ0) is 15.4. The highest BCUT2D eigenvalue weighted by molar-refractivity contribution is 7.10. The summed E-state index contributed by atoms with van der Waals surface area (Å²) in [5.41, 5.74) is 0. The molecule has 1 atom stereocenters. The van der Waals surface area contributed by atoms with Crippen molar-refractivity contribution in [3.8, 4) is 0 Å². The number of amides is 2. The van der Waals surface area contributed by atoms with E-state index >= 15 is 0 Å². The molecule has 2 aliphatic rings. The Morgan fingerprint density at radius 1 is 1.27 bits per heavy atom. The summed E-state index contributed by atoms with van der Waals surface area (Å²) >= 11 is 1.59. The molecule has 7 heteroatoms. The van der Waals surface area contributed by atoms with Gasteiger partial charge in [0, 0.05) is 57.1 Å². The van der Waals surface area contributed by atoms with Gasteiger partial charge in [0.15, 0.2) is 0 Å². The zero-order valence-electron chi connectivity index (χ0n) is 12.6. The molecule has 0 saturated carbocycles. The molecule has 0 radical (unpaired) electrons. The zero-order valence-corrected chi connectivity index (χ0v) is 13.4. The molecule has 2 N–H and O–H groups in total. The van der Waals surface area contributed by atoms with Crippen molar-refractivity contribution < 1.29 is 9.59 Å². The van der Waals surface area contributed by atoms with Crippen molar-refractivity contribution >= 4 is 23.2 Å². The molecular formula is C15H22N4O2S. The molecule has 0 spiro atoms. The fourth-order valence-corrected chi connectivity index (χ4v) is 3.88. The van der Waals surface area contributed by atoms with E-state index in [1.807, 2.05) is 22.4 Å². The number of nitrogens with zero attached hydrogens (tertiary/aromatic N) is 2. The van der Waals surface area contributed by atoms with Crippen LogP contribution in [-0.2, 0) is 9.59 Å². The van der Waals surface area contributed by atoms with Crippen LogP contribution in [0.25, 0.3) is 0 Å². The normalized spacial score (nSPS) is 23.4. The average Bonchev–Trinajstić information content (AvgIpc) is 3.07. The van der Waals surface area contributed by atoms with E-state index in [0.29, 0.717) is 19.5 Å². The second-order valence-corrected chi connectivity index (χ2v) is 6.61. The van der Waals surface area contributed by atoms with Crippen LogP contribution in [0.4, 0.5) is 0 Å². The fraction of sp³-hybridized carbons (Fsp3) is 0.600. The Kier molecular flexibility index (Phi) is 5.07. The van der Waals surface area contributed by atoms with Crippen LogP contribution >= 0.6 is 11.3 Å². The Hall–Kier alpha value is -1.44. The third-order valence-corrected chi connectivity index (χ3v) is 5.13. The lowest BCUT2D eigenvalue weighted by atomic mass is 10.1. The van der Waals surface area contributed by atoms with Crippen LogP contribution in [0.15, 0.2) is 17.5 Å². The van der Waals surface area contributed by atoms with Crippen LogP contribution in [0.1, 0.15) is 17.3 Å². The Labute approximate surface area is 134 Å². The predicted octanol–water partition coefficient (Wildman–Crippen LogP) is 0.0429. The summed E-state index contributed by atoms with van der Waals surface area (Å²) in [5.74, 6) is 0.237. The van der Waals surface area contributed by atoms with Gasteiger partial charge in [-0.15, -0.1) is 11.3 Å². The number of carbonyl (C=O) groups is 2. The molecule has 1 aromatic rings. The molecule has 120 valence electrons. The summed E-state index contributed by atoms with van der Waals surface area (Å²) < 4.78 is 0. The van der Waals surface area contributed by atoms with Crippen molar-refractivity contribution in [1.29, 1.82) is 0 Å². The minimum Gasteiger partial charge on any atom is -0.353 e. The van der Waals surface area contributed by atoms with Crippen LogP contribution < -0.4 is 10.6 Å². The average molecular weight is 322 g/mol. The largest absolute Gasteiger partial charge is 0.353 e. The smallest absolute Gasteiger partial charge is 0.242 e. The first kappa shape index (κ1) is 15.5. The maximum absolute atomic E-state index is 12.3. The predicted molar refractivity (Wildman–Crippen MR) is 85.7 cm³/mol. The van der Waals surface area contributed by atoms with Gasteiger partial charge in [0.2, 0.25) is 11.8 Å². The molecular weight excluding hydrogens is 300 g/mol. The molecule has 0 bridgehead atoms. The monoisotopic (exact) mass is 322 g/mol. The number of carbonyl (C=O) groups excluding carboxylic acids is 2. The molecule has 0 aromatic carbocycles. The van der Waals surface area contributed by atoms with E-state index in [1.54, 1.807) is 11.3 Å². The lowest BCUT2D eigenvalue weighted by Crippen LogP contribution is -2.51. The van der Waals surface area contributed by atoms with Crippen molar-refractivity contribution in [2.45, 2.75) is 12.5 Å². The molecule has 3 heterocycles. The summed E-state index contributed by atoms with van der Waals surface area (Å²) in [4.78, 5) is 29.6. The first-order chi connectivity index (χ1) is 10.8. The number of piperazine rings is 2. The minimum atomic E-state index is -0.246. The lowest BCUT2D eigenvalue weighted by molar-refractivity contribution is -0.134. The van der Waals surface area contributed by atoms with Gasteiger partial charge in [0.05, 0.1) is 0 Å². The molecule has 2 aliphatic heterocycles. The standard InChI is InChI=1S/C15H22N4O2S/c20-13(18-8-4-16-5-9-18)3-7-19-10-6-17-15(21)14(19)12-2-1-11-22-12/h1-2,11,14,16H,3-10H2,(H,17,21).